The molecule has 0 saturated carbocycles. The second-order valence-electron chi connectivity index (χ2n) is 4.45. The lowest BCUT2D eigenvalue weighted by Crippen LogP contribution is -2.43. The zero-order chi connectivity index (χ0) is 13.3. The normalized spacial score (nSPS) is 19.2. The summed E-state index contributed by atoms with van der Waals surface area (Å²) in [5.74, 6) is 0.529. The van der Waals surface area contributed by atoms with Gasteiger partial charge in [-0.1, -0.05) is 0 Å². The van der Waals surface area contributed by atoms with Gasteiger partial charge in [0, 0.05) is 6.54 Å². The average molecular weight is 251 g/mol. The zero-order valence-electron chi connectivity index (χ0n) is 10.8. The first-order valence-corrected chi connectivity index (χ1v) is 5.73. The van der Waals surface area contributed by atoms with Gasteiger partial charge >= 0.3 is 5.97 Å². The van der Waals surface area contributed by atoms with E-state index in [-0.39, 0.29) is 0 Å². The molecule has 0 spiro atoms. The molecule has 1 aromatic carbocycles. The van der Waals surface area contributed by atoms with Gasteiger partial charge in [-0.05, 0) is 36.7 Å². The standard InChI is InChI=1S/C13H17NO4/c1-14-7-9-6-12(18-3)11(17-2)5-8(9)4-10(14)13(15)16/h5-6,10H,4,7H2,1-3H3,(H,15,16)/t10-/m0/s1. The van der Waals surface area contributed by atoms with Gasteiger partial charge in [0.1, 0.15) is 6.04 Å². The summed E-state index contributed by atoms with van der Waals surface area (Å²) in [6.45, 7) is 0.604. The van der Waals surface area contributed by atoms with Crippen LogP contribution in [0.3, 0.4) is 0 Å². The average Bonchev–Trinajstić information content (AvgIpc) is 2.36. The molecule has 0 aromatic heterocycles. The minimum atomic E-state index is -0.794. The van der Waals surface area contributed by atoms with Gasteiger partial charge in [-0.25, -0.2) is 0 Å². The Bertz CT molecular complexity index is 472. The molecule has 0 amide bonds. The van der Waals surface area contributed by atoms with Crippen molar-refractivity contribution >= 4 is 5.97 Å². The molecule has 1 heterocycles. The molecular formula is C13H17NO4. The molecule has 5 nitrogen and oxygen atoms in total. The van der Waals surface area contributed by atoms with Gasteiger partial charge in [-0.2, -0.15) is 0 Å². The van der Waals surface area contributed by atoms with Crippen molar-refractivity contribution in [2.24, 2.45) is 0 Å². The Morgan fingerprint density at radius 1 is 1.28 bits per heavy atom. The lowest BCUT2D eigenvalue weighted by molar-refractivity contribution is -0.143. The maximum Gasteiger partial charge on any atom is 0.321 e. The smallest absolute Gasteiger partial charge is 0.321 e. The number of fused-ring (bicyclic) bond motifs is 1. The summed E-state index contributed by atoms with van der Waals surface area (Å²) >= 11 is 0. The van der Waals surface area contributed by atoms with E-state index in [1.54, 1.807) is 14.2 Å². The van der Waals surface area contributed by atoms with Gasteiger partial charge in [0.05, 0.1) is 14.2 Å². The summed E-state index contributed by atoms with van der Waals surface area (Å²) in [6.07, 6.45) is 0.488. The first-order chi connectivity index (χ1) is 8.56. The molecule has 0 radical (unpaired) electrons. The van der Waals surface area contributed by atoms with Gasteiger partial charge in [0.25, 0.3) is 0 Å². The molecule has 0 saturated heterocycles. The van der Waals surface area contributed by atoms with Gasteiger partial charge in [0.2, 0.25) is 0 Å². The quantitative estimate of drug-likeness (QED) is 0.873. The largest absolute Gasteiger partial charge is 0.493 e. The van der Waals surface area contributed by atoms with Gasteiger partial charge in [0.15, 0.2) is 11.5 Å². The van der Waals surface area contributed by atoms with Crippen LogP contribution in [-0.4, -0.2) is 43.3 Å². The van der Waals surface area contributed by atoms with E-state index >= 15 is 0 Å². The molecule has 2 rings (SSSR count). The van der Waals surface area contributed by atoms with Crippen LogP contribution in [0.15, 0.2) is 12.1 Å². The highest BCUT2D eigenvalue weighted by Crippen LogP contribution is 2.34. The number of likely N-dealkylation sites (N-methyl/N-ethyl adjacent to an activating group) is 1. The van der Waals surface area contributed by atoms with Crippen molar-refractivity contribution in [2.45, 2.75) is 19.0 Å². The van der Waals surface area contributed by atoms with Crippen molar-refractivity contribution in [3.8, 4) is 11.5 Å². The molecular weight excluding hydrogens is 234 g/mol. The number of hydrogen-bond donors (Lipinski definition) is 1. The lowest BCUT2D eigenvalue weighted by atomic mass is 9.94. The van der Waals surface area contributed by atoms with E-state index in [4.69, 9.17) is 14.6 Å². The first kappa shape index (κ1) is 12.7. The van der Waals surface area contributed by atoms with Crippen LogP contribution in [0.2, 0.25) is 0 Å². The first-order valence-electron chi connectivity index (χ1n) is 5.73. The van der Waals surface area contributed by atoms with Crippen LogP contribution in [0.1, 0.15) is 11.1 Å². The highest BCUT2D eigenvalue weighted by molar-refractivity contribution is 5.74. The Balaban J connectivity index is 2.40. The minimum absolute atomic E-state index is 0.476. The predicted octanol–water partition coefficient (Wildman–Crippen LogP) is 1.14. The Morgan fingerprint density at radius 2 is 1.83 bits per heavy atom. The van der Waals surface area contributed by atoms with Crippen LogP contribution in [0.5, 0.6) is 11.5 Å². The number of hydrogen-bond acceptors (Lipinski definition) is 4. The number of ether oxygens (including phenoxy) is 2. The molecule has 0 aliphatic carbocycles. The molecule has 98 valence electrons. The molecule has 1 aliphatic rings. The number of aliphatic carboxylic acids is 1. The second-order valence-corrected chi connectivity index (χ2v) is 4.45. The van der Waals surface area contributed by atoms with Crippen LogP contribution in [0, 0.1) is 0 Å². The second kappa shape index (κ2) is 4.86. The third-order valence-electron chi connectivity index (χ3n) is 3.36. The summed E-state index contributed by atoms with van der Waals surface area (Å²) in [7, 11) is 4.99. The van der Waals surface area contributed by atoms with Crippen LogP contribution in [0.25, 0.3) is 0 Å². The third kappa shape index (κ3) is 2.13. The Hall–Kier alpha value is -1.75. The Morgan fingerprint density at radius 3 is 2.33 bits per heavy atom. The molecule has 0 unspecified atom stereocenters. The van der Waals surface area contributed by atoms with E-state index < -0.39 is 12.0 Å². The molecule has 5 heteroatoms. The van der Waals surface area contributed by atoms with Gasteiger partial charge < -0.3 is 14.6 Å². The minimum Gasteiger partial charge on any atom is -0.493 e. The fourth-order valence-electron chi connectivity index (χ4n) is 2.32. The number of rotatable bonds is 3. The van der Waals surface area contributed by atoms with Crippen molar-refractivity contribution in [1.29, 1.82) is 0 Å². The zero-order valence-corrected chi connectivity index (χ0v) is 10.8. The molecule has 0 bridgehead atoms. The van der Waals surface area contributed by atoms with Crippen LogP contribution >= 0.6 is 0 Å². The predicted molar refractivity (Wildman–Crippen MR) is 66.1 cm³/mol. The maximum atomic E-state index is 11.2. The molecule has 1 atom stereocenters. The van der Waals surface area contributed by atoms with Gasteiger partial charge in [-0.15, -0.1) is 0 Å². The lowest BCUT2D eigenvalue weighted by Gasteiger charge is -2.31. The van der Waals surface area contributed by atoms with Crippen molar-refractivity contribution in [3.63, 3.8) is 0 Å². The fraction of sp³-hybridized carbons (Fsp3) is 0.462. The van der Waals surface area contributed by atoms with E-state index in [1.807, 2.05) is 24.1 Å². The van der Waals surface area contributed by atoms with Crippen molar-refractivity contribution in [3.05, 3.63) is 23.3 Å². The van der Waals surface area contributed by atoms with Crippen molar-refractivity contribution in [1.82, 2.24) is 4.90 Å². The number of benzene rings is 1. The monoisotopic (exact) mass is 251 g/mol. The molecule has 1 aromatic rings. The van der Waals surface area contributed by atoms with E-state index in [0.29, 0.717) is 24.5 Å². The fourth-order valence-corrected chi connectivity index (χ4v) is 2.32. The summed E-state index contributed by atoms with van der Waals surface area (Å²) in [5, 5.41) is 9.16. The summed E-state index contributed by atoms with van der Waals surface area (Å²) in [6, 6.07) is 3.32. The van der Waals surface area contributed by atoms with Gasteiger partial charge in [-0.3, -0.25) is 9.69 Å². The van der Waals surface area contributed by atoms with Crippen molar-refractivity contribution in [2.75, 3.05) is 21.3 Å². The summed E-state index contributed by atoms with van der Waals surface area (Å²) in [5.41, 5.74) is 2.10. The van der Waals surface area contributed by atoms with Crippen LogP contribution in [0.4, 0.5) is 0 Å². The van der Waals surface area contributed by atoms with Crippen LogP contribution < -0.4 is 9.47 Å². The number of carboxylic acid groups (broad SMARTS) is 1. The topological polar surface area (TPSA) is 59.0 Å². The Kier molecular flexibility index (Phi) is 3.43. The Labute approximate surface area is 106 Å². The number of methoxy groups -OCH3 is 2. The van der Waals surface area contributed by atoms with Crippen molar-refractivity contribution < 1.29 is 19.4 Å². The third-order valence-corrected chi connectivity index (χ3v) is 3.36. The number of carboxylic acids is 1. The van der Waals surface area contributed by atoms with E-state index in [9.17, 15) is 4.79 Å². The highest BCUT2D eigenvalue weighted by Gasteiger charge is 2.29. The highest BCUT2D eigenvalue weighted by atomic mass is 16.5. The van der Waals surface area contributed by atoms with Crippen LogP contribution in [-0.2, 0) is 17.8 Å². The summed E-state index contributed by atoms with van der Waals surface area (Å²) in [4.78, 5) is 13.0. The van der Waals surface area contributed by atoms with E-state index in [0.717, 1.165) is 11.1 Å². The molecule has 1 aliphatic heterocycles. The number of nitrogens with zero attached hydrogens (tertiary/aromatic N) is 1. The van der Waals surface area contributed by atoms with E-state index in [1.165, 1.54) is 0 Å². The maximum absolute atomic E-state index is 11.2. The molecule has 18 heavy (non-hydrogen) atoms. The summed E-state index contributed by atoms with van der Waals surface area (Å²) < 4.78 is 10.5. The SMILES string of the molecule is COc1cc2c(cc1OC)CN(C)[C@H](C(=O)O)C2. The molecule has 0 fully saturated rings. The molecule has 1 N–H and O–H groups in total. The number of carbonyl (C=O) groups is 1. The van der Waals surface area contributed by atoms with E-state index in [2.05, 4.69) is 0 Å².